The molecule has 0 fully saturated rings. The molecule has 2 unspecified atom stereocenters. The molecule has 0 aromatic heterocycles. The van der Waals surface area contributed by atoms with Gasteiger partial charge >= 0.3 is 0 Å². The van der Waals surface area contributed by atoms with Gasteiger partial charge in [-0.05, 0) is 24.8 Å². The maximum absolute atomic E-state index is 12.3. The normalized spacial score (nSPS) is 13.8. The average molecular weight is 293 g/mol. The highest BCUT2D eigenvalue weighted by Crippen LogP contribution is 2.23. The molecule has 2 atom stereocenters. The number of non-ortho nitro benzene ring substituents is 1. The van der Waals surface area contributed by atoms with Gasteiger partial charge in [0.15, 0.2) is 0 Å². The first kappa shape index (κ1) is 17.1. The Morgan fingerprint density at radius 3 is 2.52 bits per heavy atom. The van der Waals surface area contributed by atoms with Gasteiger partial charge in [-0.25, -0.2) is 0 Å². The minimum Gasteiger partial charge on any atom is -0.338 e. The average Bonchev–Trinajstić information content (AvgIpc) is 2.44. The molecule has 1 aromatic carbocycles. The zero-order valence-corrected chi connectivity index (χ0v) is 12.9. The van der Waals surface area contributed by atoms with Crippen LogP contribution in [-0.2, 0) is 4.79 Å². The van der Waals surface area contributed by atoms with Gasteiger partial charge in [-0.2, -0.15) is 0 Å². The van der Waals surface area contributed by atoms with E-state index in [2.05, 4.69) is 0 Å². The molecule has 0 saturated heterocycles. The van der Waals surface area contributed by atoms with Crippen molar-refractivity contribution in [1.29, 1.82) is 0 Å². The lowest BCUT2D eigenvalue weighted by Crippen LogP contribution is -2.43. The number of nitrogens with two attached hydrogens (primary N) is 1. The van der Waals surface area contributed by atoms with Crippen molar-refractivity contribution in [2.24, 2.45) is 11.7 Å². The van der Waals surface area contributed by atoms with E-state index in [4.69, 9.17) is 5.73 Å². The van der Waals surface area contributed by atoms with E-state index in [0.29, 0.717) is 12.3 Å². The van der Waals surface area contributed by atoms with Crippen LogP contribution in [0.4, 0.5) is 5.69 Å². The summed E-state index contributed by atoms with van der Waals surface area (Å²) in [5.74, 6) is 0.188. The van der Waals surface area contributed by atoms with E-state index in [1.165, 1.54) is 12.1 Å². The van der Waals surface area contributed by atoms with E-state index < -0.39 is 11.0 Å². The number of amides is 1. The van der Waals surface area contributed by atoms with Crippen LogP contribution in [0.2, 0.25) is 0 Å². The van der Waals surface area contributed by atoms with Crippen LogP contribution in [0, 0.1) is 16.0 Å². The van der Waals surface area contributed by atoms with Crippen LogP contribution in [-0.4, -0.2) is 28.8 Å². The molecule has 0 saturated carbocycles. The fraction of sp³-hybridized carbons (Fsp3) is 0.533. The van der Waals surface area contributed by atoms with Gasteiger partial charge in [0.2, 0.25) is 5.91 Å². The Labute approximate surface area is 125 Å². The van der Waals surface area contributed by atoms with E-state index >= 15 is 0 Å². The second-order valence-electron chi connectivity index (χ2n) is 5.71. The monoisotopic (exact) mass is 293 g/mol. The predicted octanol–water partition coefficient (Wildman–Crippen LogP) is 2.49. The summed E-state index contributed by atoms with van der Waals surface area (Å²) in [4.78, 5) is 24.2. The van der Waals surface area contributed by atoms with Crippen LogP contribution in [0.15, 0.2) is 24.3 Å². The van der Waals surface area contributed by atoms with E-state index in [1.807, 2.05) is 20.8 Å². The molecule has 116 valence electrons. The second kappa shape index (κ2) is 7.17. The highest BCUT2D eigenvalue weighted by Gasteiger charge is 2.24. The second-order valence-corrected chi connectivity index (χ2v) is 5.71. The topological polar surface area (TPSA) is 89.5 Å². The smallest absolute Gasteiger partial charge is 0.269 e. The molecule has 0 bridgehead atoms. The lowest BCUT2D eigenvalue weighted by molar-refractivity contribution is -0.384. The highest BCUT2D eigenvalue weighted by atomic mass is 16.6. The van der Waals surface area contributed by atoms with Crippen molar-refractivity contribution >= 4 is 11.6 Å². The SMILES string of the molecule is CC(C)CC(N)C(=O)N(C)C(C)c1cccc([N+](=O)[O-])c1. The maximum Gasteiger partial charge on any atom is 0.269 e. The molecule has 21 heavy (non-hydrogen) atoms. The summed E-state index contributed by atoms with van der Waals surface area (Å²) in [6, 6.07) is 5.50. The highest BCUT2D eigenvalue weighted by molar-refractivity contribution is 5.81. The Morgan fingerprint density at radius 1 is 1.38 bits per heavy atom. The van der Waals surface area contributed by atoms with E-state index in [-0.39, 0.29) is 17.6 Å². The zero-order valence-electron chi connectivity index (χ0n) is 12.9. The third kappa shape index (κ3) is 4.53. The number of hydrogen-bond acceptors (Lipinski definition) is 4. The van der Waals surface area contributed by atoms with Crippen molar-refractivity contribution in [3.8, 4) is 0 Å². The van der Waals surface area contributed by atoms with E-state index in [0.717, 1.165) is 5.56 Å². The molecule has 0 heterocycles. The molecule has 0 aliphatic heterocycles. The standard InChI is InChI=1S/C15H23N3O3/c1-10(2)8-14(16)15(19)17(4)11(3)12-6-5-7-13(9-12)18(20)21/h5-7,9-11,14H,8,16H2,1-4H3. The molecular formula is C15H23N3O3. The van der Waals surface area contributed by atoms with E-state index in [9.17, 15) is 14.9 Å². The first-order valence-corrected chi connectivity index (χ1v) is 7.00. The van der Waals surface area contributed by atoms with Crippen LogP contribution in [0.1, 0.15) is 38.8 Å². The Kier molecular flexibility index (Phi) is 5.84. The Morgan fingerprint density at radius 2 is 2.00 bits per heavy atom. The van der Waals surface area contributed by atoms with Crippen LogP contribution in [0.5, 0.6) is 0 Å². The largest absolute Gasteiger partial charge is 0.338 e. The molecular weight excluding hydrogens is 270 g/mol. The zero-order chi connectivity index (χ0) is 16.2. The van der Waals surface area contributed by atoms with Gasteiger partial charge in [-0.3, -0.25) is 14.9 Å². The van der Waals surface area contributed by atoms with Gasteiger partial charge in [0, 0.05) is 19.2 Å². The number of carbonyl (C=O) groups is 1. The van der Waals surface area contributed by atoms with Crippen molar-refractivity contribution in [3.63, 3.8) is 0 Å². The summed E-state index contributed by atoms with van der Waals surface area (Å²) in [6.45, 7) is 5.85. The number of nitrogens with zero attached hydrogens (tertiary/aromatic N) is 2. The molecule has 0 aliphatic rings. The van der Waals surface area contributed by atoms with Crippen molar-refractivity contribution in [2.75, 3.05) is 7.05 Å². The molecule has 2 N–H and O–H groups in total. The van der Waals surface area contributed by atoms with Crippen LogP contribution in [0.25, 0.3) is 0 Å². The minimum absolute atomic E-state index is 0.0201. The first-order chi connectivity index (χ1) is 9.73. The van der Waals surface area contributed by atoms with Gasteiger partial charge in [-0.15, -0.1) is 0 Å². The van der Waals surface area contributed by atoms with Crippen LogP contribution < -0.4 is 5.73 Å². The number of nitro benzene ring substituents is 1. The van der Waals surface area contributed by atoms with Crippen molar-refractivity contribution < 1.29 is 9.72 Å². The molecule has 1 rings (SSSR count). The number of benzene rings is 1. The molecule has 1 amide bonds. The first-order valence-electron chi connectivity index (χ1n) is 7.00. The fourth-order valence-electron chi connectivity index (χ4n) is 2.18. The number of hydrogen-bond donors (Lipinski definition) is 1. The van der Waals surface area contributed by atoms with Gasteiger partial charge in [0.25, 0.3) is 5.69 Å². The minimum atomic E-state index is -0.545. The van der Waals surface area contributed by atoms with Gasteiger partial charge < -0.3 is 10.6 Å². The fourth-order valence-corrected chi connectivity index (χ4v) is 2.18. The summed E-state index contributed by atoms with van der Waals surface area (Å²) >= 11 is 0. The van der Waals surface area contributed by atoms with Gasteiger partial charge in [-0.1, -0.05) is 26.0 Å². The number of likely N-dealkylation sites (N-methyl/N-ethyl adjacent to an activating group) is 1. The van der Waals surface area contributed by atoms with Crippen LogP contribution >= 0.6 is 0 Å². The molecule has 0 radical (unpaired) electrons. The summed E-state index contributed by atoms with van der Waals surface area (Å²) in [5, 5.41) is 10.8. The summed E-state index contributed by atoms with van der Waals surface area (Å²) in [7, 11) is 1.67. The number of rotatable bonds is 6. The quantitative estimate of drug-likeness (QED) is 0.644. The predicted molar refractivity (Wildman–Crippen MR) is 81.7 cm³/mol. The maximum atomic E-state index is 12.3. The Bertz CT molecular complexity index is 517. The van der Waals surface area contributed by atoms with Crippen molar-refractivity contribution in [3.05, 3.63) is 39.9 Å². The van der Waals surface area contributed by atoms with Crippen molar-refractivity contribution in [1.82, 2.24) is 4.90 Å². The molecule has 0 spiro atoms. The summed E-state index contributed by atoms with van der Waals surface area (Å²) < 4.78 is 0. The lowest BCUT2D eigenvalue weighted by Gasteiger charge is -2.28. The third-order valence-corrected chi connectivity index (χ3v) is 3.53. The summed E-state index contributed by atoms with van der Waals surface area (Å²) in [6.07, 6.45) is 0.616. The lowest BCUT2D eigenvalue weighted by atomic mass is 10.0. The van der Waals surface area contributed by atoms with Crippen LogP contribution in [0.3, 0.4) is 0 Å². The van der Waals surface area contributed by atoms with Crippen molar-refractivity contribution in [2.45, 2.75) is 39.3 Å². The van der Waals surface area contributed by atoms with Gasteiger partial charge in [0.1, 0.15) is 0 Å². The van der Waals surface area contributed by atoms with Gasteiger partial charge in [0.05, 0.1) is 17.0 Å². The number of carbonyl (C=O) groups excluding carboxylic acids is 1. The Balaban J connectivity index is 2.87. The molecule has 6 nitrogen and oxygen atoms in total. The Hall–Kier alpha value is -1.95. The summed E-state index contributed by atoms with van der Waals surface area (Å²) in [5.41, 5.74) is 6.65. The third-order valence-electron chi connectivity index (χ3n) is 3.53. The van der Waals surface area contributed by atoms with E-state index in [1.54, 1.807) is 24.1 Å². The molecule has 0 aliphatic carbocycles. The molecule has 1 aromatic rings. The number of nitro groups is 1. The molecule has 6 heteroatoms.